The van der Waals surface area contributed by atoms with Gasteiger partial charge >= 0.3 is 0 Å². The summed E-state index contributed by atoms with van der Waals surface area (Å²) in [5, 5.41) is 1.98. The molecule has 2 rings (SSSR count). The second kappa shape index (κ2) is 6.75. The van der Waals surface area contributed by atoms with Gasteiger partial charge in [-0.3, -0.25) is 4.79 Å². The van der Waals surface area contributed by atoms with Crippen LogP contribution in [-0.2, 0) is 0 Å². The average Bonchev–Trinajstić information content (AvgIpc) is 2.85. The summed E-state index contributed by atoms with van der Waals surface area (Å²) < 4.78 is 0. The average molecular weight is 288 g/mol. The molecule has 0 fully saturated rings. The number of thioether (sulfide) groups is 1. The Morgan fingerprint density at radius 2 is 2.20 bits per heavy atom. The van der Waals surface area contributed by atoms with E-state index in [0.29, 0.717) is 5.82 Å². The Labute approximate surface area is 123 Å². The van der Waals surface area contributed by atoms with Crippen LogP contribution in [0.1, 0.15) is 42.9 Å². The quantitative estimate of drug-likeness (QED) is 0.629. The number of aromatic amines is 1. The molecule has 0 bridgehead atoms. The van der Waals surface area contributed by atoms with Crippen LogP contribution in [0.15, 0.2) is 29.2 Å². The predicted octanol–water partition coefficient (Wildman–Crippen LogP) is 4.49. The van der Waals surface area contributed by atoms with Gasteiger partial charge in [0, 0.05) is 5.57 Å². The molecule has 3 nitrogen and oxygen atoms in total. The number of fused-ring (bicyclic) bond motifs is 1. The Balaban J connectivity index is 2.33. The van der Waals surface area contributed by atoms with Gasteiger partial charge in [-0.2, -0.15) is 0 Å². The van der Waals surface area contributed by atoms with E-state index in [-0.39, 0.29) is 5.78 Å². The van der Waals surface area contributed by atoms with Gasteiger partial charge in [-0.1, -0.05) is 26.3 Å². The van der Waals surface area contributed by atoms with Crippen molar-refractivity contribution in [3.8, 4) is 0 Å². The number of carbonyl (C=O) groups is 1. The van der Waals surface area contributed by atoms with Crippen molar-refractivity contribution >= 4 is 28.6 Å². The van der Waals surface area contributed by atoms with Crippen LogP contribution >= 0.6 is 11.8 Å². The minimum absolute atomic E-state index is 0.0154. The molecule has 0 saturated carbocycles. The van der Waals surface area contributed by atoms with Gasteiger partial charge in [-0.05, 0) is 42.2 Å². The van der Waals surface area contributed by atoms with Crippen molar-refractivity contribution in [1.29, 1.82) is 0 Å². The molecule has 20 heavy (non-hydrogen) atoms. The van der Waals surface area contributed by atoms with Crippen molar-refractivity contribution in [2.45, 2.75) is 33.6 Å². The molecule has 106 valence electrons. The smallest absolute Gasteiger partial charge is 0.224 e. The maximum Gasteiger partial charge on any atom is 0.224 e. The fraction of sp³-hybridized carbons (Fsp3) is 0.375. The van der Waals surface area contributed by atoms with Crippen LogP contribution in [0, 0.1) is 6.92 Å². The number of nitrogens with zero attached hydrogens (tertiary/aromatic N) is 1. The normalized spacial score (nSPS) is 12.1. The first-order valence-corrected chi connectivity index (χ1v) is 8.02. The maximum absolute atomic E-state index is 12.5. The standard InChI is InChI=1S/C16H20N2OS/c1-4-6-12(10-20-5-2)15(19)16-17-13-8-7-11(3)9-14(13)18-16/h7-10H,4-6H2,1-3H3,(H,17,18). The molecule has 1 aromatic heterocycles. The Morgan fingerprint density at radius 3 is 2.90 bits per heavy atom. The second-order valence-corrected chi connectivity index (χ2v) is 5.93. The number of imidazole rings is 1. The van der Waals surface area contributed by atoms with Crippen LogP contribution < -0.4 is 0 Å². The maximum atomic E-state index is 12.5. The van der Waals surface area contributed by atoms with Gasteiger partial charge in [-0.15, -0.1) is 11.8 Å². The molecule has 1 aromatic carbocycles. The number of benzene rings is 1. The van der Waals surface area contributed by atoms with Gasteiger partial charge in [0.15, 0.2) is 5.82 Å². The van der Waals surface area contributed by atoms with Crippen LogP contribution in [-0.4, -0.2) is 21.5 Å². The van der Waals surface area contributed by atoms with E-state index in [1.165, 1.54) is 0 Å². The van der Waals surface area contributed by atoms with Gasteiger partial charge in [0.1, 0.15) is 0 Å². The zero-order valence-corrected chi connectivity index (χ0v) is 13.0. The third kappa shape index (κ3) is 3.31. The van der Waals surface area contributed by atoms with E-state index in [9.17, 15) is 4.79 Å². The van der Waals surface area contributed by atoms with Gasteiger partial charge in [0.2, 0.25) is 5.78 Å². The zero-order valence-electron chi connectivity index (χ0n) is 12.2. The number of H-pyrrole nitrogens is 1. The summed E-state index contributed by atoms with van der Waals surface area (Å²) in [7, 11) is 0. The third-order valence-electron chi connectivity index (χ3n) is 3.06. The van der Waals surface area contributed by atoms with Crippen molar-refractivity contribution in [2.24, 2.45) is 0 Å². The zero-order chi connectivity index (χ0) is 14.5. The molecule has 1 N–H and O–H groups in total. The van der Waals surface area contributed by atoms with Gasteiger partial charge in [0.05, 0.1) is 11.0 Å². The van der Waals surface area contributed by atoms with Crippen molar-refractivity contribution in [1.82, 2.24) is 9.97 Å². The van der Waals surface area contributed by atoms with E-state index in [2.05, 4.69) is 23.8 Å². The van der Waals surface area contributed by atoms with E-state index in [4.69, 9.17) is 0 Å². The highest BCUT2D eigenvalue weighted by Crippen LogP contribution is 2.19. The lowest BCUT2D eigenvalue weighted by Crippen LogP contribution is -2.05. The number of nitrogens with one attached hydrogen (secondary N) is 1. The summed E-state index contributed by atoms with van der Waals surface area (Å²) in [6.07, 6.45) is 1.75. The topological polar surface area (TPSA) is 45.8 Å². The fourth-order valence-electron chi connectivity index (χ4n) is 2.06. The van der Waals surface area contributed by atoms with Crippen molar-refractivity contribution in [3.63, 3.8) is 0 Å². The molecule has 0 aliphatic heterocycles. The molecular weight excluding hydrogens is 268 g/mol. The van der Waals surface area contributed by atoms with Crippen molar-refractivity contribution in [2.75, 3.05) is 5.75 Å². The Kier molecular flexibility index (Phi) is 5.01. The Morgan fingerprint density at radius 1 is 1.40 bits per heavy atom. The minimum Gasteiger partial charge on any atom is -0.335 e. The highest BCUT2D eigenvalue weighted by Gasteiger charge is 2.15. The number of hydrogen-bond acceptors (Lipinski definition) is 3. The lowest BCUT2D eigenvalue weighted by molar-refractivity contribution is 0.102. The number of carbonyl (C=O) groups excluding carboxylic acids is 1. The number of Topliss-reactive ketones (excluding diaryl/α,β-unsaturated/α-hetero) is 1. The Hall–Kier alpha value is -1.55. The predicted molar refractivity (Wildman–Crippen MR) is 86.3 cm³/mol. The molecule has 0 saturated heterocycles. The number of aryl methyl sites for hydroxylation is 1. The molecular formula is C16H20N2OS. The van der Waals surface area contributed by atoms with Crippen LogP contribution in [0.3, 0.4) is 0 Å². The molecule has 0 atom stereocenters. The minimum atomic E-state index is 0.0154. The van der Waals surface area contributed by atoms with E-state index >= 15 is 0 Å². The monoisotopic (exact) mass is 288 g/mol. The SMILES string of the molecule is CCCC(=CSCC)C(=O)c1nc2ccc(C)cc2[nH]1. The van der Waals surface area contributed by atoms with E-state index in [1.807, 2.05) is 30.5 Å². The summed E-state index contributed by atoms with van der Waals surface area (Å²) in [4.78, 5) is 20.1. The molecule has 0 aliphatic carbocycles. The van der Waals surface area contributed by atoms with Gasteiger partial charge < -0.3 is 4.98 Å². The van der Waals surface area contributed by atoms with Gasteiger partial charge in [-0.25, -0.2) is 4.98 Å². The highest BCUT2D eigenvalue weighted by molar-refractivity contribution is 8.02. The second-order valence-electron chi connectivity index (χ2n) is 4.78. The number of rotatable bonds is 6. The molecule has 0 aliphatic rings. The first kappa shape index (κ1) is 14.9. The van der Waals surface area contributed by atoms with Crippen molar-refractivity contribution < 1.29 is 4.79 Å². The largest absolute Gasteiger partial charge is 0.335 e. The van der Waals surface area contributed by atoms with Crippen LogP contribution in [0.5, 0.6) is 0 Å². The molecule has 2 aromatic rings. The lowest BCUT2D eigenvalue weighted by atomic mass is 10.1. The molecule has 0 spiro atoms. The summed E-state index contributed by atoms with van der Waals surface area (Å²) in [5.41, 5.74) is 3.77. The molecule has 0 amide bonds. The van der Waals surface area contributed by atoms with E-state index in [1.54, 1.807) is 11.8 Å². The highest BCUT2D eigenvalue weighted by atomic mass is 32.2. The number of aromatic nitrogens is 2. The molecule has 0 radical (unpaired) electrons. The summed E-state index contributed by atoms with van der Waals surface area (Å²) >= 11 is 1.66. The van der Waals surface area contributed by atoms with E-state index in [0.717, 1.165) is 40.8 Å². The fourth-order valence-corrected chi connectivity index (χ4v) is 2.66. The van der Waals surface area contributed by atoms with E-state index < -0.39 is 0 Å². The number of ketones is 1. The summed E-state index contributed by atoms with van der Waals surface area (Å²) in [6.45, 7) is 6.20. The molecule has 0 unspecified atom stereocenters. The number of allylic oxidation sites excluding steroid dienone is 1. The Bertz CT molecular complexity index is 643. The molecule has 1 heterocycles. The van der Waals surface area contributed by atoms with Crippen molar-refractivity contribution in [3.05, 3.63) is 40.6 Å². The molecule has 4 heteroatoms. The van der Waals surface area contributed by atoms with Gasteiger partial charge in [0.25, 0.3) is 0 Å². The first-order chi connectivity index (χ1) is 9.65. The summed E-state index contributed by atoms with van der Waals surface area (Å²) in [5.74, 6) is 1.43. The van der Waals surface area contributed by atoms with Crippen LogP contribution in [0.4, 0.5) is 0 Å². The van der Waals surface area contributed by atoms with Crippen LogP contribution in [0.2, 0.25) is 0 Å². The number of hydrogen-bond donors (Lipinski definition) is 1. The van der Waals surface area contributed by atoms with Crippen LogP contribution in [0.25, 0.3) is 11.0 Å². The third-order valence-corrected chi connectivity index (χ3v) is 3.84. The lowest BCUT2D eigenvalue weighted by Gasteiger charge is -2.02. The first-order valence-electron chi connectivity index (χ1n) is 6.97. The summed E-state index contributed by atoms with van der Waals surface area (Å²) in [6, 6.07) is 5.97.